The van der Waals surface area contributed by atoms with Crippen molar-refractivity contribution in [2.24, 2.45) is 5.10 Å². The van der Waals surface area contributed by atoms with Gasteiger partial charge in [0.15, 0.2) is 5.58 Å². The number of fused-ring (bicyclic) bond motifs is 1. The summed E-state index contributed by atoms with van der Waals surface area (Å²) in [7, 11) is 0. The number of nitrogens with one attached hydrogen (secondary N) is 1. The lowest BCUT2D eigenvalue weighted by Gasteiger charge is -2.05. The minimum Gasteiger partial charge on any atom is -0.505 e. The topological polar surface area (TPSA) is 113 Å². The highest BCUT2D eigenvalue weighted by molar-refractivity contribution is 9.11. The Labute approximate surface area is 161 Å². The van der Waals surface area contributed by atoms with Gasteiger partial charge in [0.1, 0.15) is 22.2 Å². The third-order valence-corrected chi connectivity index (χ3v) is 4.89. The molecular formula is C14H8Br2N4O4S. The second-order valence-electron chi connectivity index (χ2n) is 4.89. The van der Waals surface area contributed by atoms with Gasteiger partial charge in [-0.25, -0.2) is 0 Å². The number of benzene rings is 1. The molecule has 2 aromatic heterocycles. The van der Waals surface area contributed by atoms with Crippen molar-refractivity contribution in [3.05, 3.63) is 57.9 Å². The van der Waals surface area contributed by atoms with Crippen LogP contribution in [-0.4, -0.2) is 26.2 Å². The van der Waals surface area contributed by atoms with Crippen molar-refractivity contribution in [3.8, 4) is 5.75 Å². The van der Waals surface area contributed by atoms with Gasteiger partial charge in [-0.1, -0.05) is 0 Å². The van der Waals surface area contributed by atoms with Crippen LogP contribution in [0.5, 0.6) is 5.75 Å². The lowest BCUT2D eigenvalue weighted by molar-refractivity contribution is 0.467. The second-order valence-corrected chi connectivity index (χ2v) is 6.93. The van der Waals surface area contributed by atoms with Crippen molar-refractivity contribution in [2.45, 2.75) is 6.92 Å². The van der Waals surface area contributed by atoms with Crippen LogP contribution in [0, 0.1) is 11.7 Å². The van der Waals surface area contributed by atoms with Crippen molar-refractivity contribution in [3.63, 3.8) is 0 Å². The van der Waals surface area contributed by atoms with Gasteiger partial charge < -0.3 is 9.52 Å². The van der Waals surface area contributed by atoms with E-state index in [-0.39, 0.29) is 42.6 Å². The van der Waals surface area contributed by atoms with E-state index < -0.39 is 5.56 Å². The molecule has 128 valence electrons. The smallest absolute Gasteiger partial charge is 0.296 e. The van der Waals surface area contributed by atoms with Crippen molar-refractivity contribution < 1.29 is 9.52 Å². The summed E-state index contributed by atoms with van der Waals surface area (Å²) in [6, 6.07) is 1.44. The number of aromatic amines is 1. The summed E-state index contributed by atoms with van der Waals surface area (Å²) in [5.41, 5.74) is -0.412. The summed E-state index contributed by atoms with van der Waals surface area (Å²) >= 11 is 11.3. The fraction of sp³-hybridized carbons (Fsp3) is 0.0714. The molecule has 0 saturated carbocycles. The first-order valence-electron chi connectivity index (χ1n) is 6.66. The summed E-state index contributed by atoms with van der Waals surface area (Å²) in [5, 5.41) is 20.2. The number of halogens is 2. The number of H-pyrrole nitrogens is 1. The Morgan fingerprint density at radius 2 is 2.16 bits per heavy atom. The van der Waals surface area contributed by atoms with Crippen LogP contribution in [-0.2, 0) is 0 Å². The number of phenolic OH excluding ortho intramolecular Hbond substituents is 1. The summed E-state index contributed by atoms with van der Waals surface area (Å²) in [4.78, 5) is 24.6. The van der Waals surface area contributed by atoms with Gasteiger partial charge in [-0.15, -0.1) is 0 Å². The maximum absolute atomic E-state index is 12.6. The standard InChI is InChI=1S/C14H8Br2N4O4S/c1-5-13(23)20(14(25)19-18-5)17-3-6-4-24-12-7(10(6)21)2-8(15)11(22)9(12)16/h2-4,22H,1H3,(H,19,25)/b17-3+. The number of aromatic hydroxyl groups is 1. The third kappa shape index (κ3) is 3.10. The van der Waals surface area contributed by atoms with E-state index in [9.17, 15) is 14.7 Å². The minimum atomic E-state index is -0.499. The zero-order valence-electron chi connectivity index (χ0n) is 12.4. The molecule has 0 aliphatic heterocycles. The van der Waals surface area contributed by atoms with Crippen LogP contribution in [0.3, 0.4) is 0 Å². The molecule has 3 aromatic rings. The molecule has 0 amide bonds. The maximum atomic E-state index is 12.6. The molecule has 1 aromatic carbocycles. The monoisotopic (exact) mass is 486 g/mol. The Bertz CT molecular complexity index is 1210. The molecule has 0 unspecified atom stereocenters. The third-order valence-electron chi connectivity index (χ3n) is 3.29. The van der Waals surface area contributed by atoms with Crippen LogP contribution in [0.25, 0.3) is 11.0 Å². The lowest BCUT2D eigenvalue weighted by Crippen LogP contribution is -2.23. The van der Waals surface area contributed by atoms with E-state index in [4.69, 9.17) is 16.6 Å². The van der Waals surface area contributed by atoms with E-state index in [1.54, 1.807) is 0 Å². The first kappa shape index (κ1) is 17.7. The van der Waals surface area contributed by atoms with Gasteiger partial charge >= 0.3 is 0 Å². The highest BCUT2D eigenvalue weighted by Crippen LogP contribution is 2.37. The fourth-order valence-corrected chi connectivity index (χ4v) is 3.38. The van der Waals surface area contributed by atoms with Crippen LogP contribution in [0.4, 0.5) is 0 Å². The van der Waals surface area contributed by atoms with Gasteiger partial charge in [-0.05, 0) is 57.1 Å². The Hall–Kier alpha value is -2.11. The Morgan fingerprint density at radius 1 is 1.44 bits per heavy atom. The summed E-state index contributed by atoms with van der Waals surface area (Å²) < 4.78 is 6.90. The first-order chi connectivity index (χ1) is 11.8. The van der Waals surface area contributed by atoms with Gasteiger partial charge in [0.25, 0.3) is 5.56 Å². The number of hydrogen-bond acceptors (Lipinski definition) is 7. The van der Waals surface area contributed by atoms with E-state index >= 15 is 0 Å². The van der Waals surface area contributed by atoms with Crippen LogP contribution in [0.15, 0.2) is 40.4 Å². The predicted octanol–water partition coefficient (Wildman–Crippen LogP) is 2.83. The second kappa shape index (κ2) is 6.65. The van der Waals surface area contributed by atoms with E-state index in [1.807, 2.05) is 0 Å². The van der Waals surface area contributed by atoms with Gasteiger partial charge in [0.05, 0.1) is 21.6 Å². The van der Waals surface area contributed by atoms with Gasteiger partial charge in [-0.2, -0.15) is 14.9 Å². The molecule has 0 atom stereocenters. The number of nitrogens with zero attached hydrogens (tertiary/aromatic N) is 3. The molecule has 25 heavy (non-hydrogen) atoms. The quantitative estimate of drug-likeness (QED) is 0.424. The summed E-state index contributed by atoms with van der Waals surface area (Å²) in [6.07, 6.45) is 2.35. The zero-order chi connectivity index (χ0) is 18.3. The number of phenols is 1. The molecule has 11 heteroatoms. The molecule has 0 spiro atoms. The largest absolute Gasteiger partial charge is 0.505 e. The minimum absolute atomic E-state index is 0.00700. The van der Waals surface area contributed by atoms with Gasteiger partial charge in [0.2, 0.25) is 10.2 Å². The Kier molecular flexibility index (Phi) is 4.71. The van der Waals surface area contributed by atoms with Crippen LogP contribution >= 0.6 is 44.1 Å². The van der Waals surface area contributed by atoms with Gasteiger partial charge in [0, 0.05) is 0 Å². The van der Waals surface area contributed by atoms with E-state index in [0.29, 0.717) is 4.47 Å². The predicted molar refractivity (Wildman–Crippen MR) is 101 cm³/mol. The highest BCUT2D eigenvalue weighted by Gasteiger charge is 2.15. The number of rotatable bonds is 2. The number of hydrogen-bond donors (Lipinski definition) is 2. The Balaban J connectivity index is 2.19. The highest BCUT2D eigenvalue weighted by atomic mass is 79.9. The van der Waals surface area contributed by atoms with Crippen molar-refractivity contribution in [1.82, 2.24) is 14.9 Å². The molecule has 2 heterocycles. The lowest BCUT2D eigenvalue weighted by atomic mass is 10.2. The van der Waals surface area contributed by atoms with Crippen molar-refractivity contribution >= 4 is 61.3 Å². The maximum Gasteiger partial charge on any atom is 0.296 e. The Morgan fingerprint density at radius 3 is 2.88 bits per heavy atom. The molecule has 0 aliphatic carbocycles. The molecular weight excluding hydrogens is 480 g/mol. The average molecular weight is 488 g/mol. The molecule has 0 saturated heterocycles. The molecule has 3 rings (SSSR count). The normalized spacial score (nSPS) is 11.5. The fourth-order valence-electron chi connectivity index (χ4n) is 1.99. The van der Waals surface area contributed by atoms with Gasteiger partial charge in [-0.3, -0.25) is 14.7 Å². The van der Waals surface area contributed by atoms with Crippen molar-refractivity contribution in [2.75, 3.05) is 0 Å². The van der Waals surface area contributed by atoms with E-state index in [2.05, 4.69) is 47.2 Å². The number of aromatic nitrogens is 3. The van der Waals surface area contributed by atoms with E-state index in [0.717, 1.165) is 4.68 Å². The molecule has 0 aliphatic rings. The summed E-state index contributed by atoms with van der Waals surface area (Å²) in [5.74, 6) is -0.0813. The van der Waals surface area contributed by atoms with Crippen LogP contribution in [0.1, 0.15) is 11.3 Å². The van der Waals surface area contributed by atoms with Crippen LogP contribution < -0.4 is 11.0 Å². The van der Waals surface area contributed by atoms with E-state index in [1.165, 1.54) is 25.5 Å². The molecule has 0 fully saturated rings. The van der Waals surface area contributed by atoms with Crippen LogP contribution in [0.2, 0.25) is 0 Å². The average Bonchev–Trinajstić information content (AvgIpc) is 2.58. The SMILES string of the molecule is Cc1n[nH]c(=S)n(/N=C/c2coc3c(Br)c(O)c(Br)cc3c2=O)c1=O. The van der Waals surface area contributed by atoms with Crippen molar-refractivity contribution in [1.29, 1.82) is 0 Å². The first-order valence-corrected chi connectivity index (χ1v) is 8.66. The molecule has 2 N–H and O–H groups in total. The number of aryl methyl sites for hydroxylation is 1. The molecule has 0 bridgehead atoms. The molecule has 0 radical (unpaired) electrons. The molecule has 8 nitrogen and oxygen atoms in total. The summed E-state index contributed by atoms with van der Waals surface area (Å²) in [6.45, 7) is 1.51. The zero-order valence-corrected chi connectivity index (χ0v) is 16.4.